The van der Waals surface area contributed by atoms with Gasteiger partial charge in [-0.3, -0.25) is 4.99 Å². The lowest BCUT2D eigenvalue weighted by Gasteiger charge is -2.19. The number of guanidine groups is 1. The highest BCUT2D eigenvalue weighted by Crippen LogP contribution is 2.26. The Bertz CT molecular complexity index is 538. The summed E-state index contributed by atoms with van der Waals surface area (Å²) in [6, 6.07) is 8.58. The molecule has 1 atom stereocenters. The average Bonchev–Trinajstić information content (AvgIpc) is 3.08. The van der Waals surface area contributed by atoms with Crippen LogP contribution in [-0.4, -0.2) is 50.7 Å². The van der Waals surface area contributed by atoms with Crippen molar-refractivity contribution in [1.29, 1.82) is 0 Å². The van der Waals surface area contributed by atoms with Gasteiger partial charge in [-0.25, -0.2) is 0 Å². The molecule has 1 fully saturated rings. The number of nitrogens with zero attached hydrogens (tertiary/aromatic N) is 2. The number of nitrogens with one attached hydrogen (secondary N) is 2. The molecule has 1 heterocycles. The van der Waals surface area contributed by atoms with Crippen LogP contribution in [0, 0.1) is 5.92 Å². The van der Waals surface area contributed by atoms with Crippen molar-refractivity contribution >= 4 is 39.3 Å². The first-order valence-corrected chi connectivity index (χ1v) is 11.4. The second-order valence-corrected chi connectivity index (χ2v) is 8.33. The zero-order valence-electron chi connectivity index (χ0n) is 15.4. The summed E-state index contributed by atoms with van der Waals surface area (Å²) in [5, 5.41) is 6.83. The van der Waals surface area contributed by atoms with Crippen molar-refractivity contribution in [3.63, 3.8) is 0 Å². The number of aliphatic imine (C=N–C) groups is 1. The van der Waals surface area contributed by atoms with Crippen LogP contribution in [0.2, 0.25) is 0 Å². The average molecular weight is 427 g/mol. The second-order valence-electron chi connectivity index (χ2n) is 6.43. The van der Waals surface area contributed by atoms with Crippen LogP contribution < -0.4 is 15.5 Å². The molecule has 140 valence electrons. The third-order valence-electron chi connectivity index (χ3n) is 4.38. The van der Waals surface area contributed by atoms with E-state index in [1.807, 2.05) is 11.8 Å². The van der Waals surface area contributed by atoms with Gasteiger partial charge in [0.1, 0.15) is 0 Å². The molecular formula is C19H31BrN4S. The van der Waals surface area contributed by atoms with Gasteiger partial charge in [0, 0.05) is 42.9 Å². The molecule has 0 amide bonds. The number of benzene rings is 1. The van der Waals surface area contributed by atoms with E-state index in [9.17, 15) is 0 Å². The van der Waals surface area contributed by atoms with Crippen LogP contribution >= 0.6 is 27.7 Å². The smallest absolute Gasteiger partial charge is 0.191 e. The topological polar surface area (TPSA) is 39.7 Å². The molecule has 6 heteroatoms. The minimum absolute atomic E-state index is 0.630. The summed E-state index contributed by atoms with van der Waals surface area (Å²) in [6.45, 7) is 7.13. The molecule has 1 unspecified atom stereocenters. The van der Waals surface area contributed by atoms with Crippen molar-refractivity contribution in [2.75, 3.05) is 49.6 Å². The number of halogens is 1. The highest BCUT2D eigenvalue weighted by atomic mass is 79.9. The van der Waals surface area contributed by atoms with Crippen molar-refractivity contribution < 1.29 is 0 Å². The Balaban J connectivity index is 1.78. The molecule has 1 aromatic rings. The molecule has 0 spiro atoms. The van der Waals surface area contributed by atoms with E-state index in [-0.39, 0.29) is 0 Å². The highest BCUT2D eigenvalue weighted by Gasteiger charge is 2.22. The Morgan fingerprint density at radius 3 is 3.00 bits per heavy atom. The van der Waals surface area contributed by atoms with Gasteiger partial charge in [0.25, 0.3) is 0 Å². The molecule has 0 radical (unpaired) electrons. The zero-order valence-corrected chi connectivity index (χ0v) is 17.8. The number of hydrogen-bond acceptors (Lipinski definition) is 3. The van der Waals surface area contributed by atoms with Gasteiger partial charge in [-0.1, -0.05) is 22.0 Å². The monoisotopic (exact) mass is 426 g/mol. The van der Waals surface area contributed by atoms with E-state index in [0.29, 0.717) is 5.92 Å². The molecule has 1 saturated heterocycles. The van der Waals surface area contributed by atoms with E-state index in [1.54, 1.807) is 0 Å². The highest BCUT2D eigenvalue weighted by molar-refractivity contribution is 9.10. The van der Waals surface area contributed by atoms with Crippen LogP contribution in [-0.2, 0) is 0 Å². The Hall–Kier alpha value is -0.880. The maximum atomic E-state index is 4.81. The fourth-order valence-corrected chi connectivity index (χ4v) is 3.91. The number of anilines is 1. The molecule has 0 aliphatic carbocycles. The molecule has 1 aliphatic rings. The van der Waals surface area contributed by atoms with Gasteiger partial charge in [-0.05, 0) is 62.3 Å². The lowest BCUT2D eigenvalue weighted by Crippen LogP contribution is -2.38. The van der Waals surface area contributed by atoms with Gasteiger partial charge in [0.05, 0.1) is 0 Å². The maximum Gasteiger partial charge on any atom is 0.191 e. The minimum atomic E-state index is 0.630. The largest absolute Gasteiger partial charge is 0.371 e. The van der Waals surface area contributed by atoms with Gasteiger partial charge in [-0.2, -0.15) is 11.8 Å². The number of hydrogen-bond donors (Lipinski definition) is 2. The van der Waals surface area contributed by atoms with E-state index in [4.69, 9.17) is 4.99 Å². The predicted octanol–water partition coefficient (Wildman–Crippen LogP) is 3.97. The molecular weight excluding hydrogens is 396 g/mol. The van der Waals surface area contributed by atoms with Gasteiger partial charge in [0.15, 0.2) is 5.96 Å². The fourth-order valence-electron chi connectivity index (χ4n) is 3.03. The van der Waals surface area contributed by atoms with Crippen LogP contribution in [0.5, 0.6) is 0 Å². The van der Waals surface area contributed by atoms with Crippen molar-refractivity contribution in [2.24, 2.45) is 10.9 Å². The van der Waals surface area contributed by atoms with Gasteiger partial charge in [0.2, 0.25) is 0 Å². The molecule has 2 N–H and O–H groups in total. The van der Waals surface area contributed by atoms with Crippen molar-refractivity contribution in [3.05, 3.63) is 28.7 Å². The zero-order chi connectivity index (χ0) is 17.9. The first-order chi connectivity index (χ1) is 12.2. The third-order valence-corrected chi connectivity index (χ3v) is 5.57. The normalized spacial score (nSPS) is 17.8. The Morgan fingerprint density at radius 1 is 1.36 bits per heavy atom. The quantitative estimate of drug-likeness (QED) is 0.355. The van der Waals surface area contributed by atoms with E-state index in [1.165, 1.54) is 30.7 Å². The molecule has 0 aromatic heterocycles. The van der Waals surface area contributed by atoms with Crippen molar-refractivity contribution in [2.45, 2.75) is 26.2 Å². The summed E-state index contributed by atoms with van der Waals surface area (Å²) in [5.74, 6) is 2.83. The van der Waals surface area contributed by atoms with Crippen LogP contribution in [0.25, 0.3) is 0 Å². The Kier molecular flexibility index (Phi) is 9.55. The SMILES string of the molecule is CCNC(=NCC1CCN(c2cccc(Br)c2)C1)NCCCCSC. The first-order valence-electron chi connectivity index (χ1n) is 9.24. The summed E-state index contributed by atoms with van der Waals surface area (Å²) >= 11 is 5.48. The van der Waals surface area contributed by atoms with Crippen LogP contribution in [0.15, 0.2) is 33.7 Å². The van der Waals surface area contributed by atoms with Gasteiger partial charge < -0.3 is 15.5 Å². The predicted molar refractivity (Wildman–Crippen MR) is 116 cm³/mol. The Morgan fingerprint density at radius 2 is 2.24 bits per heavy atom. The molecule has 0 bridgehead atoms. The van der Waals surface area contributed by atoms with E-state index >= 15 is 0 Å². The minimum Gasteiger partial charge on any atom is -0.371 e. The van der Waals surface area contributed by atoms with Crippen molar-refractivity contribution in [3.8, 4) is 0 Å². The summed E-state index contributed by atoms with van der Waals surface area (Å²) in [5.41, 5.74) is 1.31. The van der Waals surface area contributed by atoms with Crippen molar-refractivity contribution in [1.82, 2.24) is 10.6 Å². The van der Waals surface area contributed by atoms with Crippen LogP contribution in [0.1, 0.15) is 26.2 Å². The standard InChI is InChI=1S/C19H31BrN4S/c1-3-21-19(22-10-4-5-12-25-2)23-14-16-9-11-24(15-16)18-8-6-7-17(20)13-18/h6-8,13,16H,3-5,9-12,14-15H2,1-2H3,(H2,21,22,23). The second kappa shape index (κ2) is 11.7. The van der Waals surface area contributed by atoms with Crippen LogP contribution in [0.3, 0.4) is 0 Å². The van der Waals surface area contributed by atoms with Gasteiger partial charge >= 0.3 is 0 Å². The summed E-state index contributed by atoms with van der Waals surface area (Å²) < 4.78 is 1.14. The number of unbranched alkanes of at least 4 members (excludes halogenated alkanes) is 1. The molecule has 25 heavy (non-hydrogen) atoms. The summed E-state index contributed by atoms with van der Waals surface area (Å²) in [7, 11) is 0. The summed E-state index contributed by atoms with van der Waals surface area (Å²) in [4.78, 5) is 7.28. The molecule has 1 aliphatic heterocycles. The third kappa shape index (κ3) is 7.48. The lowest BCUT2D eigenvalue weighted by atomic mass is 10.1. The first kappa shape index (κ1) is 20.4. The van der Waals surface area contributed by atoms with E-state index < -0.39 is 0 Å². The number of thioether (sulfide) groups is 1. The maximum absolute atomic E-state index is 4.81. The molecule has 4 nitrogen and oxygen atoms in total. The van der Waals surface area contributed by atoms with E-state index in [0.717, 1.165) is 43.2 Å². The molecule has 0 saturated carbocycles. The molecule has 1 aromatic carbocycles. The van der Waals surface area contributed by atoms with Crippen LogP contribution in [0.4, 0.5) is 5.69 Å². The number of rotatable bonds is 9. The summed E-state index contributed by atoms with van der Waals surface area (Å²) in [6.07, 6.45) is 5.84. The van der Waals surface area contributed by atoms with Gasteiger partial charge in [-0.15, -0.1) is 0 Å². The van der Waals surface area contributed by atoms with E-state index in [2.05, 4.69) is 68.9 Å². The Labute approximate surface area is 165 Å². The lowest BCUT2D eigenvalue weighted by molar-refractivity contribution is 0.598. The fraction of sp³-hybridized carbons (Fsp3) is 0.632. The molecule has 2 rings (SSSR count).